The van der Waals surface area contributed by atoms with Gasteiger partial charge in [0.2, 0.25) is 0 Å². The fourth-order valence-electron chi connectivity index (χ4n) is 2.49. The highest BCUT2D eigenvalue weighted by Gasteiger charge is 2.17. The number of nitrogens with zero attached hydrogens (tertiary/aromatic N) is 1. The summed E-state index contributed by atoms with van der Waals surface area (Å²) in [5.41, 5.74) is 8.86. The van der Waals surface area contributed by atoms with Crippen LogP contribution in [0.4, 0.5) is 5.69 Å². The van der Waals surface area contributed by atoms with Crippen molar-refractivity contribution in [2.45, 2.75) is 19.8 Å². The summed E-state index contributed by atoms with van der Waals surface area (Å²) in [6.45, 7) is 8.33. The number of carbonyl (C=O) groups excluding carboxylic acids is 1. The van der Waals surface area contributed by atoms with E-state index in [0.717, 1.165) is 21.1 Å². The van der Waals surface area contributed by atoms with Gasteiger partial charge in [0.05, 0.1) is 11.2 Å². The van der Waals surface area contributed by atoms with Gasteiger partial charge in [-0.3, -0.25) is 4.79 Å². The van der Waals surface area contributed by atoms with Gasteiger partial charge in [0.15, 0.2) is 0 Å². The first-order valence-corrected chi connectivity index (χ1v) is 8.34. The Morgan fingerprint density at radius 1 is 1.43 bits per heavy atom. The minimum Gasteiger partial charge on any atom is -0.397 e. The highest BCUT2D eigenvalue weighted by atomic mass is 32.1. The number of fused-ring (bicyclic) bond motifs is 2. The number of amides is 1. The van der Waals surface area contributed by atoms with Crippen molar-refractivity contribution in [3.8, 4) is 0 Å². The molecule has 1 amide bonds. The molecule has 0 aliphatic heterocycles. The van der Waals surface area contributed by atoms with Crippen LogP contribution in [0, 0.1) is 0 Å². The number of anilines is 1. The lowest BCUT2D eigenvalue weighted by Crippen LogP contribution is -2.22. The van der Waals surface area contributed by atoms with E-state index < -0.39 is 0 Å². The third-order valence-electron chi connectivity index (χ3n) is 3.82. The lowest BCUT2D eigenvalue weighted by Gasteiger charge is -2.06. The quantitative estimate of drug-likeness (QED) is 0.710. The highest BCUT2D eigenvalue weighted by molar-refractivity contribution is 7.21. The molecule has 0 atom stereocenters. The second kappa shape index (κ2) is 6.01. The Labute approximate surface area is 139 Å². The minimum absolute atomic E-state index is 0.183. The van der Waals surface area contributed by atoms with Crippen molar-refractivity contribution in [2.75, 3.05) is 12.3 Å². The van der Waals surface area contributed by atoms with Gasteiger partial charge in [-0.1, -0.05) is 26.0 Å². The number of thiophene rings is 1. The maximum Gasteiger partial charge on any atom is 0.263 e. The standard InChI is InChI=1S/C18H19N3OS/c1-4-7-20-17(22)16-15(19)13-9-12-8-11(10(2)3)5-6-14(12)21-18(13)23-16/h4-6,8-10H,1,7,19H2,2-3H3,(H,20,22). The summed E-state index contributed by atoms with van der Waals surface area (Å²) in [6.07, 6.45) is 1.64. The van der Waals surface area contributed by atoms with E-state index in [-0.39, 0.29) is 5.91 Å². The number of carbonyl (C=O) groups is 1. The van der Waals surface area contributed by atoms with Crippen molar-refractivity contribution in [1.29, 1.82) is 0 Å². The van der Waals surface area contributed by atoms with E-state index in [1.165, 1.54) is 16.9 Å². The number of nitrogen functional groups attached to an aromatic ring is 1. The zero-order valence-corrected chi connectivity index (χ0v) is 14.0. The third kappa shape index (κ3) is 2.80. The van der Waals surface area contributed by atoms with Crippen molar-refractivity contribution in [3.05, 3.63) is 47.4 Å². The second-order valence-corrected chi connectivity index (χ2v) is 6.79. The van der Waals surface area contributed by atoms with Gasteiger partial charge in [-0.15, -0.1) is 17.9 Å². The minimum atomic E-state index is -0.183. The van der Waals surface area contributed by atoms with Gasteiger partial charge in [0.1, 0.15) is 9.71 Å². The third-order valence-corrected chi connectivity index (χ3v) is 4.93. The summed E-state index contributed by atoms with van der Waals surface area (Å²) in [6, 6.07) is 8.29. The fourth-order valence-corrected chi connectivity index (χ4v) is 3.50. The molecule has 2 aromatic heterocycles. The molecule has 3 rings (SSSR count). The average Bonchev–Trinajstić information content (AvgIpc) is 2.86. The zero-order valence-electron chi connectivity index (χ0n) is 13.2. The van der Waals surface area contributed by atoms with Crippen LogP contribution >= 0.6 is 11.3 Å². The number of hydrogen-bond acceptors (Lipinski definition) is 4. The summed E-state index contributed by atoms with van der Waals surface area (Å²) in [7, 11) is 0. The van der Waals surface area contributed by atoms with Crippen molar-refractivity contribution in [1.82, 2.24) is 10.3 Å². The van der Waals surface area contributed by atoms with Gasteiger partial charge in [-0.25, -0.2) is 4.98 Å². The lowest BCUT2D eigenvalue weighted by molar-refractivity contribution is 0.0963. The molecule has 4 nitrogen and oxygen atoms in total. The van der Waals surface area contributed by atoms with Gasteiger partial charge >= 0.3 is 0 Å². The van der Waals surface area contributed by atoms with Gasteiger partial charge in [-0.2, -0.15) is 0 Å². The van der Waals surface area contributed by atoms with Crippen LogP contribution in [-0.2, 0) is 0 Å². The van der Waals surface area contributed by atoms with Crippen LogP contribution in [0.25, 0.3) is 21.1 Å². The first-order chi connectivity index (χ1) is 11.0. The molecule has 5 heteroatoms. The van der Waals surface area contributed by atoms with Gasteiger partial charge < -0.3 is 11.1 Å². The van der Waals surface area contributed by atoms with E-state index in [0.29, 0.717) is 23.0 Å². The van der Waals surface area contributed by atoms with E-state index >= 15 is 0 Å². The predicted octanol–water partition coefficient (Wildman–Crippen LogP) is 4.07. The van der Waals surface area contributed by atoms with Crippen molar-refractivity contribution in [2.24, 2.45) is 0 Å². The van der Waals surface area contributed by atoms with E-state index in [1.54, 1.807) is 6.08 Å². The van der Waals surface area contributed by atoms with Crippen LogP contribution in [0.1, 0.15) is 35.0 Å². The molecule has 0 aliphatic carbocycles. The number of rotatable bonds is 4. The molecule has 2 heterocycles. The van der Waals surface area contributed by atoms with Crippen LogP contribution in [0.15, 0.2) is 36.9 Å². The van der Waals surface area contributed by atoms with Crippen LogP contribution in [0.2, 0.25) is 0 Å². The Morgan fingerprint density at radius 3 is 2.91 bits per heavy atom. The molecule has 0 spiro atoms. The number of benzene rings is 1. The molecule has 118 valence electrons. The van der Waals surface area contributed by atoms with Gasteiger partial charge in [0, 0.05) is 17.3 Å². The molecule has 0 radical (unpaired) electrons. The molecule has 1 aromatic carbocycles. The Kier molecular flexibility index (Phi) is 4.05. The first-order valence-electron chi connectivity index (χ1n) is 7.53. The smallest absolute Gasteiger partial charge is 0.263 e. The fraction of sp³-hybridized carbons (Fsp3) is 0.222. The summed E-state index contributed by atoms with van der Waals surface area (Å²) >= 11 is 1.33. The first kappa shape index (κ1) is 15.5. The van der Waals surface area contributed by atoms with Crippen molar-refractivity contribution >= 4 is 44.1 Å². The number of hydrogen-bond donors (Lipinski definition) is 2. The summed E-state index contributed by atoms with van der Waals surface area (Å²) in [5.74, 6) is 0.271. The van der Waals surface area contributed by atoms with Gasteiger partial charge in [0.25, 0.3) is 5.91 Å². The average molecular weight is 325 g/mol. The maximum absolute atomic E-state index is 12.2. The predicted molar refractivity (Wildman–Crippen MR) is 98.2 cm³/mol. The van der Waals surface area contributed by atoms with Gasteiger partial charge in [-0.05, 0) is 29.7 Å². The number of aromatic nitrogens is 1. The van der Waals surface area contributed by atoms with Crippen molar-refractivity contribution in [3.63, 3.8) is 0 Å². The Balaban J connectivity index is 2.14. The van der Waals surface area contributed by atoms with Crippen LogP contribution in [0.5, 0.6) is 0 Å². The normalized spacial score (nSPS) is 11.3. The van der Waals surface area contributed by atoms with E-state index in [9.17, 15) is 4.79 Å². The van der Waals surface area contributed by atoms with Crippen LogP contribution in [0.3, 0.4) is 0 Å². The SMILES string of the molecule is C=CCNC(=O)c1sc2nc3ccc(C(C)C)cc3cc2c1N. The Hall–Kier alpha value is -2.40. The molecule has 0 aliphatic rings. The number of pyridine rings is 1. The molecule has 3 aromatic rings. The molecule has 0 saturated heterocycles. The zero-order chi connectivity index (χ0) is 16.6. The molecule has 0 fully saturated rings. The lowest BCUT2D eigenvalue weighted by atomic mass is 10.0. The van der Waals surface area contributed by atoms with Crippen LogP contribution < -0.4 is 11.1 Å². The van der Waals surface area contributed by atoms with E-state index in [1.807, 2.05) is 12.1 Å². The van der Waals surface area contributed by atoms with Crippen molar-refractivity contribution < 1.29 is 4.79 Å². The maximum atomic E-state index is 12.2. The van der Waals surface area contributed by atoms with E-state index in [2.05, 4.69) is 42.9 Å². The highest BCUT2D eigenvalue weighted by Crippen LogP contribution is 2.35. The topological polar surface area (TPSA) is 68.0 Å². The molecular formula is C18H19N3OS. The molecule has 3 N–H and O–H groups in total. The second-order valence-electron chi connectivity index (χ2n) is 5.79. The largest absolute Gasteiger partial charge is 0.397 e. The number of nitrogens with one attached hydrogen (secondary N) is 1. The molecule has 0 saturated carbocycles. The van der Waals surface area contributed by atoms with Crippen LogP contribution in [-0.4, -0.2) is 17.4 Å². The Morgan fingerprint density at radius 2 is 2.22 bits per heavy atom. The summed E-state index contributed by atoms with van der Waals surface area (Å²) < 4.78 is 0. The molecule has 23 heavy (non-hydrogen) atoms. The Bertz CT molecular complexity index is 911. The molecule has 0 unspecified atom stereocenters. The summed E-state index contributed by atoms with van der Waals surface area (Å²) in [5, 5.41) is 4.65. The van der Waals surface area contributed by atoms with E-state index in [4.69, 9.17) is 5.73 Å². The summed E-state index contributed by atoms with van der Waals surface area (Å²) in [4.78, 5) is 18.1. The number of nitrogens with two attached hydrogens (primary N) is 1. The molecule has 0 bridgehead atoms. The monoisotopic (exact) mass is 325 g/mol. The molecular weight excluding hydrogens is 306 g/mol.